The van der Waals surface area contributed by atoms with E-state index in [2.05, 4.69) is 5.32 Å². The largest absolute Gasteiger partial charge is 0.497 e. The van der Waals surface area contributed by atoms with Gasteiger partial charge in [0.05, 0.1) is 27.8 Å². The quantitative estimate of drug-likeness (QED) is 0.306. The average molecular weight is 488 g/mol. The molecule has 0 aliphatic carbocycles. The standard InChI is InChI=1S/C28H25NO5S/c1-32-21-14-20(15-22(16-21)33-2)18-7-6-8-19(13-18)28(31)29-25-10-5-4-9-24(25)26-12-11-23(35-26)17-27(30)34-3/h4-16H,17H2,1-3H3,(H,29,31). The van der Waals surface area contributed by atoms with Crippen LogP contribution in [0.2, 0.25) is 0 Å². The van der Waals surface area contributed by atoms with Crippen LogP contribution in [0.15, 0.2) is 78.9 Å². The summed E-state index contributed by atoms with van der Waals surface area (Å²) >= 11 is 1.50. The van der Waals surface area contributed by atoms with Gasteiger partial charge in [0, 0.05) is 32.6 Å². The van der Waals surface area contributed by atoms with Crippen molar-refractivity contribution < 1.29 is 23.8 Å². The number of ether oxygens (including phenoxy) is 3. The summed E-state index contributed by atoms with van der Waals surface area (Å²) in [4.78, 5) is 26.7. The fourth-order valence-corrected chi connectivity index (χ4v) is 4.68. The molecule has 0 fully saturated rings. The van der Waals surface area contributed by atoms with Gasteiger partial charge in [-0.2, -0.15) is 0 Å². The van der Waals surface area contributed by atoms with Crippen molar-refractivity contribution in [3.63, 3.8) is 0 Å². The van der Waals surface area contributed by atoms with E-state index in [1.165, 1.54) is 18.4 Å². The molecule has 178 valence electrons. The number of carbonyl (C=O) groups excluding carboxylic acids is 2. The first-order valence-corrected chi connectivity index (χ1v) is 11.7. The molecular formula is C28H25NO5S. The first-order chi connectivity index (χ1) is 17.0. The number of amides is 1. The summed E-state index contributed by atoms with van der Waals surface area (Å²) in [6.45, 7) is 0. The summed E-state index contributed by atoms with van der Waals surface area (Å²) in [6.07, 6.45) is 0.220. The number of rotatable bonds is 8. The van der Waals surface area contributed by atoms with Gasteiger partial charge in [0.1, 0.15) is 11.5 Å². The van der Waals surface area contributed by atoms with E-state index in [-0.39, 0.29) is 18.3 Å². The minimum Gasteiger partial charge on any atom is -0.497 e. The van der Waals surface area contributed by atoms with Crippen molar-refractivity contribution in [2.24, 2.45) is 0 Å². The van der Waals surface area contributed by atoms with Crippen molar-refractivity contribution >= 4 is 28.9 Å². The Labute approximate surface area is 208 Å². The van der Waals surface area contributed by atoms with Gasteiger partial charge in [0.2, 0.25) is 0 Å². The molecule has 35 heavy (non-hydrogen) atoms. The predicted octanol–water partition coefficient (Wildman–Crippen LogP) is 6.07. The fraction of sp³-hybridized carbons (Fsp3) is 0.143. The molecule has 1 aromatic heterocycles. The number of thiophene rings is 1. The minimum absolute atomic E-state index is 0.220. The van der Waals surface area contributed by atoms with Gasteiger partial charge in [-0.25, -0.2) is 0 Å². The molecule has 0 unspecified atom stereocenters. The monoisotopic (exact) mass is 487 g/mol. The highest BCUT2D eigenvalue weighted by atomic mass is 32.1. The van der Waals surface area contributed by atoms with E-state index in [0.717, 1.165) is 26.4 Å². The summed E-state index contributed by atoms with van der Waals surface area (Å²) in [5.74, 6) is 0.838. The van der Waals surface area contributed by atoms with E-state index in [0.29, 0.717) is 22.7 Å². The van der Waals surface area contributed by atoms with Crippen LogP contribution in [-0.4, -0.2) is 33.2 Å². The Bertz CT molecular complexity index is 1340. The summed E-state index contributed by atoms with van der Waals surface area (Å²) in [6, 6.07) is 24.5. The number of methoxy groups -OCH3 is 3. The lowest BCUT2D eigenvalue weighted by Crippen LogP contribution is -2.12. The lowest BCUT2D eigenvalue weighted by molar-refractivity contribution is -0.139. The number of hydrogen-bond acceptors (Lipinski definition) is 6. The highest BCUT2D eigenvalue weighted by Gasteiger charge is 2.14. The molecule has 1 N–H and O–H groups in total. The van der Waals surface area contributed by atoms with Crippen molar-refractivity contribution in [3.8, 4) is 33.1 Å². The Morgan fingerprint density at radius 1 is 0.800 bits per heavy atom. The molecular weight excluding hydrogens is 462 g/mol. The van der Waals surface area contributed by atoms with Gasteiger partial charge in [-0.15, -0.1) is 11.3 Å². The summed E-state index contributed by atoms with van der Waals surface area (Å²) in [5.41, 5.74) is 3.85. The Morgan fingerprint density at radius 2 is 1.54 bits per heavy atom. The van der Waals surface area contributed by atoms with Crippen molar-refractivity contribution in [2.45, 2.75) is 6.42 Å². The molecule has 3 aromatic carbocycles. The Morgan fingerprint density at radius 3 is 2.26 bits per heavy atom. The van der Waals surface area contributed by atoms with Gasteiger partial charge in [-0.3, -0.25) is 9.59 Å². The van der Waals surface area contributed by atoms with Crippen molar-refractivity contribution in [3.05, 3.63) is 89.3 Å². The minimum atomic E-state index is -0.284. The number of esters is 1. The molecule has 1 amide bonds. The maximum absolute atomic E-state index is 13.2. The van der Waals surface area contributed by atoms with Crippen LogP contribution >= 0.6 is 11.3 Å². The maximum atomic E-state index is 13.2. The van der Waals surface area contributed by atoms with Crippen LogP contribution in [0.1, 0.15) is 15.2 Å². The molecule has 0 bridgehead atoms. The first-order valence-electron chi connectivity index (χ1n) is 10.9. The molecule has 0 saturated carbocycles. The molecule has 0 spiro atoms. The van der Waals surface area contributed by atoms with E-state index in [1.807, 2.05) is 66.7 Å². The van der Waals surface area contributed by atoms with Crippen LogP contribution in [0.3, 0.4) is 0 Å². The molecule has 4 aromatic rings. The van der Waals surface area contributed by atoms with Gasteiger partial charge >= 0.3 is 5.97 Å². The predicted molar refractivity (Wildman–Crippen MR) is 138 cm³/mol. The van der Waals surface area contributed by atoms with Crippen LogP contribution in [0, 0.1) is 0 Å². The normalized spacial score (nSPS) is 10.5. The fourth-order valence-electron chi connectivity index (χ4n) is 3.65. The van der Waals surface area contributed by atoms with Crippen LogP contribution in [0.4, 0.5) is 5.69 Å². The lowest BCUT2D eigenvalue weighted by Gasteiger charge is -2.12. The zero-order valence-corrected chi connectivity index (χ0v) is 20.5. The van der Waals surface area contributed by atoms with Gasteiger partial charge in [0.15, 0.2) is 0 Å². The Kier molecular flexibility index (Phi) is 7.48. The molecule has 4 rings (SSSR count). The smallest absolute Gasteiger partial charge is 0.310 e. The van der Waals surface area contributed by atoms with Crippen molar-refractivity contribution in [1.82, 2.24) is 0 Å². The maximum Gasteiger partial charge on any atom is 0.310 e. The number of nitrogens with one attached hydrogen (secondary N) is 1. The van der Waals surface area contributed by atoms with E-state index >= 15 is 0 Å². The second kappa shape index (κ2) is 10.9. The summed E-state index contributed by atoms with van der Waals surface area (Å²) < 4.78 is 15.5. The first kappa shape index (κ1) is 24.0. The topological polar surface area (TPSA) is 73.9 Å². The van der Waals surface area contributed by atoms with E-state index in [4.69, 9.17) is 14.2 Å². The van der Waals surface area contributed by atoms with E-state index in [9.17, 15) is 9.59 Å². The van der Waals surface area contributed by atoms with Gasteiger partial charge in [-0.05, 0) is 53.6 Å². The third-order valence-corrected chi connectivity index (χ3v) is 6.58. The van der Waals surface area contributed by atoms with Gasteiger partial charge in [0.25, 0.3) is 5.91 Å². The van der Waals surface area contributed by atoms with E-state index < -0.39 is 0 Å². The molecule has 0 aliphatic heterocycles. The zero-order valence-electron chi connectivity index (χ0n) is 19.7. The summed E-state index contributed by atoms with van der Waals surface area (Å²) in [5, 5.41) is 3.04. The third-order valence-electron chi connectivity index (χ3n) is 5.46. The van der Waals surface area contributed by atoms with Crippen LogP contribution in [0.5, 0.6) is 11.5 Å². The summed E-state index contributed by atoms with van der Waals surface area (Å²) in [7, 11) is 4.58. The van der Waals surface area contributed by atoms with Crippen LogP contribution in [0.25, 0.3) is 21.6 Å². The second-order valence-electron chi connectivity index (χ2n) is 7.70. The number of anilines is 1. The Balaban J connectivity index is 1.59. The molecule has 0 aliphatic rings. The van der Waals surface area contributed by atoms with Gasteiger partial charge in [-0.1, -0.05) is 30.3 Å². The van der Waals surface area contributed by atoms with Gasteiger partial charge < -0.3 is 19.5 Å². The van der Waals surface area contributed by atoms with E-state index in [1.54, 1.807) is 26.4 Å². The highest BCUT2D eigenvalue weighted by Crippen LogP contribution is 2.34. The number of hydrogen-bond donors (Lipinski definition) is 1. The number of benzene rings is 3. The third kappa shape index (κ3) is 5.70. The number of para-hydroxylation sites is 1. The molecule has 0 atom stereocenters. The van der Waals surface area contributed by atoms with Crippen LogP contribution in [-0.2, 0) is 16.0 Å². The molecule has 7 heteroatoms. The second-order valence-corrected chi connectivity index (χ2v) is 8.87. The average Bonchev–Trinajstić information content (AvgIpc) is 3.36. The molecule has 0 radical (unpaired) electrons. The molecule has 1 heterocycles. The van der Waals surface area contributed by atoms with Crippen LogP contribution < -0.4 is 14.8 Å². The Hall–Kier alpha value is -4.10. The number of carbonyl (C=O) groups is 2. The SMILES string of the molecule is COC(=O)Cc1ccc(-c2ccccc2NC(=O)c2cccc(-c3cc(OC)cc(OC)c3)c2)s1. The molecule has 0 saturated heterocycles. The van der Waals surface area contributed by atoms with Crippen molar-refractivity contribution in [1.29, 1.82) is 0 Å². The van der Waals surface area contributed by atoms with Crippen molar-refractivity contribution in [2.75, 3.05) is 26.6 Å². The lowest BCUT2D eigenvalue weighted by atomic mass is 10.0. The highest BCUT2D eigenvalue weighted by molar-refractivity contribution is 7.15. The zero-order chi connectivity index (χ0) is 24.8. The molecule has 6 nitrogen and oxygen atoms in total.